The molecule has 0 saturated carbocycles. The third-order valence-corrected chi connectivity index (χ3v) is 6.35. The average Bonchev–Trinajstić information content (AvgIpc) is 2.97. The van der Waals surface area contributed by atoms with Crippen LogP contribution in [0.15, 0.2) is 65.9 Å². The van der Waals surface area contributed by atoms with Crippen molar-refractivity contribution in [2.75, 3.05) is 0 Å². The number of rotatable bonds is 4. The zero-order valence-corrected chi connectivity index (χ0v) is 19.3. The van der Waals surface area contributed by atoms with Gasteiger partial charge >= 0.3 is 6.18 Å². The van der Waals surface area contributed by atoms with Crippen molar-refractivity contribution in [3.05, 3.63) is 82.0 Å². The van der Waals surface area contributed by atoms with E-state index in [9.17, 15) is 27.6 Å². The van der Waals surface area contributed by atoms with Crippen LogP contribution in [0.2, 0.25) is 5.02 Å². The molecule has 2 aromatic rings. The van der Waals surface area contributed by atoms with E-state index in [4.69, 9.17) is 11.6 Å². The molecule has 1 aliphatic heterocycles. The first kappa shape index (κ1) is 24.0. The van der Waals surface area contributed by atoms with E-state index >= 15 is 0 Å². The predicted molar refractivity (Wildman–Crippen MR) is 120 cm³/mol. The fourth-order valence-electron chi connectivity index (χ4n) is 4.63. The van der Waals surface area contributed by atoms with Gasteiger partial charge in [0.25, 0.3) is 11.8 Å². The summed E-state index contributed by atoms with van der Waals surface area (Å²) in [5, 5.41) is 2.05. The molecule has 2 aromatic carbocycles. The number of carbonyl (C=O) groups is 3. The Morgan fingerprint density at radius 1 is 1.06 bits per heavy atom. The van der Waals surface area contributed by atoms with E-state index in [1.54, 1.807) is 44.2 Å². The number of nitrogens with zero attached hydrogens (tertiary/aromatic N) is 1. The molecule has 34 heavy (non-hydrogen) atoms. The molecule has 1 aliphatic carbocycles. The van der Waals surface area contributed by atoms with Crippen LogP contribution in [-0.4, -0.2) is 34.2 Å². The molecular formula is C25H22ClF3N2O3. The van der Waals surface area contributed by atoms with Crippen LogP contribution >= 0.6 is 11.6 Å². The van der Waals surface area contributed by atoms with Crippen molar-refractivity contribution in [3.8, 4) is 0 Å². The number of halogens is 4. The maximum absolute atomic E-state index is 14.8. The van der Waals surface area contributed by atoms with Gasteiger partial charge in [-0.3, -0.25) is 14.4 Å². The van der Waals surface area contributed by atoms with E-state index < -0.39 is 40.3 Å². The zero-order valence-electron chi connectivity index (χ0n) is 18.5. The predicted octanol–water partition coefficient (Wildman–Crippen LogP) is 5.06. The molecule has 5 nitrogen and oxygen atoms in total. The summed E-state index contributed by atoms with van der Waals surface area (Å²) >= 11 is 5.90. The fourth-order valence-corrected chi connectivity index (χ4v) is 4.82. The summed E-state index contributed by atoms with van der Waals surface area (Å²) in [6.07, 6.45) is -5.36. The minimum Gasteiger partial charge on any atom is -0.326 e. The maximum atomic E-state index is 14.8. The van der Waals surface area contributed by atoms with Crippen LogP contribution in [0.3, 0.4) is 0 Å². The van der Waals surface area contributed by atoms with Crippen LogP contribution in [0.5, 0.6) is 0 Å². The standard InChI is InChI=1S/C25H22ClF3N2O3/c1-23(2)12-18-20(19(32)13-23)24(25(27,28)29,30-21(33)16-9-6-10-17(26)11-16)22(34)31(18)14-15-7-4-3-5-8-15/h3-11H,12-14H2,1-2H3,(H,30,33)/t24-/m1/s1. The van der Waals surface area contributed by atoms with Crippen LogP contribution in [-0.2, 0) is 16.1 Å². The topological polar surface area (TPSA) is 66.5 Å². The van der Waals surface area contributed by atoms with Crippen molar-refractivity contribution >= 4 is 29.2 Å². The van der Waals surface area contributed by atoms with Gasteiger partial charge in [-0.2, -0.15) is 13.2 Å². The lowest BCUT2D eigenvalue weighted by Crippen LogP contribution is -2.66. The van der Waals surface area contributed by atoms with Crippen LogP contribution < -0.4 is 5.32 Å². The van der Waals surface area contributed by atoms with Gasteiger partial charge in [0, 0.05) is 22.7 Å². The highest BCUT2D eigenvalue weighted by Crippen LogP contribution is 2.52. The number of hydrogen-bond acceptors (Lipinski definition) is 3. The Bertz CT molecular complexity index is 1210. The second kappa shape index (κ2) is 8.27. The van der Waals surface area contributed by atoms with Crippen LogP contribution in [0.4, 0.5) is 13.2 Å². The largest absolute Gasteiger partial charge is 0.425 e. The van der Waals surface area contributed by atoms with Gasteiger partial charge in [0.15, 0.2) is 5.78 Å². The monoisotopic (exact) mass is 490 g/mol. The Morgan fingerprint density at radius 2 is 1.74 bits per heavy atom. The van der Waals surface area contributed by atoms with Gasteiger partial charge in [-0.05, 0) is 35.6 Å². The molecule has 0 spiro atoms. The smallest absolute Gasteiger partial charge is 0.326 e. The summed E-state index contributed by atoms with van der Waals surface area (Å²) in [5.74, 6) is -3.35. The summed E-state index contributed by atoms with van der Waals surface area (Å²) in [7, 11) is 0. The highest BCUT2D eigenvalue weighted by Gasteiger charge is 2.71. The second-order valence-electron chi connectivity index (χ2n) is 9.35. The molecule has 0 unspecified atom stereocenters. The third-order valence-electron chi connectivity index (χ3n) is 6.12. The van der Waals surface area contributed by atoms with Crippen molar-refractivity contribution < 1.29 is 27.6 Å². The molecule has 9 heteroatoms. The summed E-state index contributed by atoms with van der Waals surface area (Å²) in [6.45, 7) is 3.36. The Hall–Kier alpha value is -3.13. The summed E-state index contributed by atoms with van der Waals surface area (Å²) in [5.41, 5.74) is -4.39. The van der Waals surface area contributed by atoms with Gasteiger partial charge in [-0.1, -0.05) is 61.8 Å². The van der Waals surface area contributed by atoms with Gasteiger partial charge in [0.2, 0.25) is 5.54 Å². The fraction of sp³-hybridized carbons (Fsp3) is 0.320. The van der Waals surface area contributed by atoms with Crippen LogP contribution in [0, 0.1) is 5.41 Å². The minimum atomic E-state index is -5.26. The highest BCUT2D eigenvalue weighted by molar-refractivity contribution is 6.31. The van der Waals surface area contributed by atoms with Gasteiger partial charge in [0.1, 0.15) is 0 Å². The highest BCUT2D eigenvalue weighted by atomic mass is 35.5. The number of amides is 2. The number of carbonyl (C=O) groups excluding carboxylic acids is 3. The average molecular weight is 491 g/mol. The zero-order chi connectivity index (χ0) is 24.9. The minimum absolute atomic E-state index is 0.00109. The molecule has 178 valence electrons. The lowest BCUT2D eigenvalue weighted by atomic mass is 9.72. The van der Waals surface area contributed by atoms with Gasteiger partial charge in [-0.25, -0.2) is 0 Å². The SMILES string of the molecule is CC1(C)CC(=O)C2=C(C1)N(Cc1ccccc1)C(=O)[C@@]2(NC(=O)c1cccc(Cl)c1)C(F)(F)F. The van der Waals surface area contributed by atoms with Crippen molar-refractivity contribution in [2.45, 2.75) is 44.9 Å². The number of nitrogens with one attached hydrogen (secondary N) is 1. The van der Waals surface area contributed by atoms with Crippen LogP contribution in [0.1, 0.15) is 42.6 Å². The molecule has 0 bridgehead atoms. The van der Waals surface area contributed by atoms with E-state index in [2.05, 4.69) is 0 Å². The van der Waals surface area contributed by atoms with Crippen molar-refractivity contribution in [2.24, 2.45) is 5.41 Å². The Balaban J connectivity index is 1.88. The molecule has 2 aliphatic rings. The van der Waals surface area contributed by atoms with E-state index in [0.29, 0.717) is 5.56 Å². The first-order chi connectivity index (χ1) is 15.9. The number of alkyl halides is 3. The molecule has 4 rings (SSSR count). The molecule has 1 N–H and O–H groups in total. The van der Waals surface area contributed by atoms with E-state index in [1.807, 2.05) is 5.32 Å². The second-order valence-corrected chi connectivity index (χ2v) is 9.79. The number of hydrogen-bond donors (Lipinski definition) is 1. The van der Waals surface area contributed by atoms with E-state index in [1.165, 1.54) is 24.3 Å². The Labute approximate surface area is 199 Å². The molecule has 1 heterocycles. The lowest BCUT2D eigenvalue weighted by molar-refractivity contribution is -0.190. The molecule has 0 saturated heterocycles. The molecule has 2 amide bonds. The van der Waals surface area contributed by atoms with E-state index in [-0.39, 0.29) is 35.7 Å². The Morgan fingerprint density at radius 3 is 2.35 bits per heavy atom. The molecular weight excluding hydrogens is 469 g/mol. The molecule has 0 fully saturated rings. The summed E-state index contributed by atoms with van der Waals surface area (Å²) < 4.78 is 44.4. The van der Waals surface area contributed by atoms with Crippen molar-refractivity contribution in [1.29, 1.82) is 0 Å². The molecule has 0 aromatic heterocycles. The quantitative estimate of drug-likeness (QED) is 0.651. The summed E-state index contributed by atoms with van der Waals surface area (Å²) in [4.78, 5) is 40.7. The molecule has 1 atom stereocenters. The number of benzene rings is 2. The van der Waals surface area contributed by atoms with Gasteiger partial charge in [-0.15, -0.1) is 0 Å². The number of Topliss-reactive ketones (excluding diaryl/α,β-unsaturated/α-hetero) is 1. The molecule has 0 radical (unpaired) electrons. The lowest BCUT2D eigenvalue weighted by Gasteiger charge is -2.35. The number of allylic oxidation sites excluding steroid dienone is 1. The van der Waals surface area contributed by atoms with Crippen molar-refractivity contribution in [1.82, 2.24) is 10.2 Å². The van der Waals surface area contributed by atoms with Crippen molar-refractivity contribution in [3.63, 3.8) is 0 Å². The normalized spacial score (nSPS) is 22.1. The first-order valence-electron chi connectivity index (χ1n) is 10.6. The Kier molecular flexibility index (Phi) is 5.84. The van der Waals surface area contributed by atoms with Crippen LogP contribution in [0.25, 0.3) is 0 Å². The number of ketones is 1. The first-order valence-corrected chi connectivity index (χ1v) is 11.0. The third kappa shape index (κ3) is 4.00. The summed E-state index contributed by atoms with van der Waals surface area (Å²) in [6, 6.07) is 13.9. The van der Waals surface area contributed by atoms with E-state index in [0.717, 1.165) is 4.90 Å². The maximum Gasteiger partial charge on any atom is 0.425 e. The van der Waals surface area contributed by atoms with Gasteiger partial charge < -0.3 is 10.2 Å². The van der Waals surface area contributed by atoms with Gasteiger partial charge in [0.05, 0.1) is 12.1 Å².